The Kier molecular flexibility index (Phi) is 8.83. The van der Waals surface area contributed by atoms with Gasteiger partial charge < -0.3 is 18.9 Å². The summed E-state index contributed by atoms with van der Waals surface area (Å²) in [6.07, 6.45) is 0. The van der Waals surface area contributed by atoms with Crippen molar-refractivity contribution in [2.75, 3.05) is 9.80 Å². The molecule has 0 saturated carbocycles. The third-order valence-electron chi connectivity index (χ3n) is 17.4. The Balaban J connectivity index is 0.963. The van der Waals surface area contributed by atoms with E-state index in [1.54, 1.807) is 0 Å². The van der Waals surface area contributed by atoms with Gasteiger partial charge in [0.1, 0.15) is 0 Å². The second-order valence-electron chi connectivity index (χ2n) is 22.2. The summed E-state index contributed by atoms with van der Waals surface area (Å²) >= 11 is 0. The molecule has 4 heterocycles. The maximum Gasteiger partial charge on any atom is 0.0562 e. The lowest BCUT2D eigenvalue weighted by molar-refractivity contribution is 0.633. The zero-order valence-corrected chi connectivity index (χ0v) is 42.9. The molecule has 0 fully saturated rings. The molecule has 12 aromatic carbocycles. The van der Waals surface area contributed by atoms with E-state index in [0.717, 1.165) is 22.7 Å². The van der Waals surface area contributed by atoms with Crippen LogP contribution in [0, 0.1) is 0 Å². The molecule has 360 valence electrons. The Labute approximate surface area is 441 Å². The van der Waals surface area contributed by atoms with E-state index in [1.165, 1.54) is 121 Å². The van der Waals surface area contributed by atoms with Gasteiger partial charge in [-0.15, -0.1) is 0 Å². The highest BCUT2D eigenvalue weighted by atomic mass is 15.2. The Hall–Kier alpha value is -9.38. The first-order chi connectivity index (χ1) is 37.2. The number of anilines is 6. The standard InChI is InChI=1S/C72H52N4/c1-71(2)57-31-15-17-33-63(57)75(69-43-67-55(41-59(69)71)53-37-45-21-11-13-23-47(45)39-65(53)73(67)49-25-7-5-8-26-49)61-35-19-30-52-51(61)29-20-36-62(52)76-64-34-18-16-32-58(64)72(3,4)60-42-56-54-38-46-22-12-14-24-48(46)40-66(54)74(68(56)44-70(60)76)50-27-9-6-10-28-50/h5-44H,1-4H3. The quantitative estimate of drug-likeness (QED) is 0.175. The molecule has 0 radical (unpaired) electrons. The first kappa shape index (κ1) is 43.1. The molecule has 2 aromatic heterocycles. The first-order valence-electron chi connectivity index (χ1n) is 26.7. The molecule has 0 bridgehead atoms. The minimum atomic E-state index is -0.293. The van der Waals surface area contributed by atoms with Gasteiger partial charge in [0.05, 0.1) is 56.2 Å². The van der Waals surface area contributed by atoms with Crippen LogP contribution in [-0.4, -0.2) is 9.13 Å². The largest absolute Gasteiger partial charge is 0.309 e. The maximum atomic E-state index is 2.57. The molecule has 0 saturated heterocycles. The van der Waals surface area contributed by atoms with E-state index in [2.05, 4.69) is 289 Å². The van der Waals surface area contributed by atoms with Crippen LogP contribution in [0.5, 0.6) is 0 Å². The van der Waals surface area contributed by atoms with Crippen molar-refractivity contribution in [3.8, 4) is 11.4 Å². The molecule has 4 nitrogen and oxygen atoms in total. The van der Waals surface area contributed by atoms with Crippen molar-refractivity contribution in [2.24, 2.45) is 0 Å². The number of nitrogens with zero attached hydrogens (tertiary/aromatic N) is 4. The van der Waals surface area contributed by atoms with Crippen molar-refractivity contribution in [1.82, 2.24) is 9.13 Å². The van der Waals surface area contributed by atoms with Gasteiger partial charge in [0.15, 0.2) is 0 Å². The van der Waals surface area contributed by atoms with Gasteiger partial charge in [-0.2, -0.15) is 0 Å². The van der Waals surface area contributed by atoms with Crippen molar-refractivity contribution in [1.29, 1.82) is 0 Å². The summed E-state index contributed by atoms with van der Waals surface area (Å²) in [5.41, 5.74) is 18.8. The van der Waals surface area contributed by atoms with Crippen LogP contribution in [0.3, 0.4) is 0 Å². The summed E-state index contributed by atoms with van der Waals surface area (Å²) in [7, 11) is 0. The Morgan fingerprint density at radius 2 is 0.566 bits per heavy atom. The second-order valence-corrected chi connectivity index (χ2v) is 22.2. The van der Waals surface area contributed by atoms with E-state index in [1.807, 2.05) is 0 Å². The number of rotatable bonds is 4. The molecule has 4 heteroatoms. The SMILES string of the molecule is CC1(C)c2ccccc2N(c2cccc3c(N4c5ccccc5C(C)(C)c5cc6c7cc8ccccc8cc7n(-c7ccccc7)c6cc54)cccc23)c2cc3c(cc21)c1cc2ccccc2cc1n3-c1ccccc1. The molecule has 0 atom stereocenters. The average molecular weight is 973 g/mol. The fourth-order valence-corrected chi connectivity index (χ4v) is 13.7. The van der Waals surface area contributed by atoms with Crippen molar-refractivity contribution in [3.05, 3.63) is 265 Å². The second kappa shape index (κ2) is 15.6. The zero-order valence-electron chi connectivity index (χ0n) is 42.9. The highest BCUT2D eigenvalue weighted by molar-refractivity contribution is 6.18. The number of benzene rings is 12. The Morgan fingerprint density at radius 3 is 0.987 bits per heavy atom. The predicted octanol–water partition coefficient (Wildman–Crippen LogP) is 19.6. The highest BCUT2D eigenvalue weighted by Gasteiger charge is 2.41. The number of hydrogen-bond donors (Lipinski definition) is 0. The highest BCUT2D eigenvalue weighted by Crippen LogP contribution is 2.58. The molecule has 76 heavy (non-hydrogen) atoms. The predicted molar refractivity (Wildman–Crippen MR) is 321 cm³/mol. The summed E-state index contributed by atoms with van der Waals surface area (Å²) in [6, 6.07) is 90.9. The van der Waals surface area contributed by atoms with Crippen molar-refractivity contribution >= 4 is 110 Å². The summed E-state index contributed by atoms with van der Waals surface area (Å²) in [5.74, 6) is 0. The van der Waals surface area contributed by atoms with E-state index < -0.39 is 0 Å². The zero-order chi connectivity index (χ0) is 50.6. The van der Waals surface area contributed by atoms with Crippen molar-refractivity contribution in [3.63, 3.8) is 0 Å². The number of hydrogen-bond acceptors (Lipinski definition) is 2. The Morgan fingerprint density at radius 1 is 0.237 bits per heavy atom. The van der Waals surface area contributed by atoms with Crippen LogP contribution in [0.25, 0.3) is 87.3 Å². The van der Waals surface area contributed by atoms with E-state index in [-0.39, 0.29) is 10.8 Å². The number of para-hydroxylation sites is 4. The molecule has 0 spiro atoms. The fourth-order valence-electron chi connectivity index (χ4n) is 13.7. The fraction of sp³-hybridized carbons (Fsp3) is 0.0833. The van der Waals surface area contributed by atoms with Crippen LogP contribution >= 0.6 is 0 Å². The monoisotopic (exact) mass is 972 g/mol. The van der Waals surface area contributed by atoms with Crippen LogP contribution in [0.2, 0.25) is 0 Å². The molecule has 0 unspecified atom stereocenters. The maximum absolute atomic E-state index is 2.57. The van der Waals surface area contributed by atoms with E-state index in [0.29, 0.717) is 0 Å². The summed E-state index contributed by atoms with van der Waals surface area (Å²) < 4.78 is 4.96. The van der Waals surface area contributed by atoms with Crippen LogP contribution in [-0.2, 0) is 10.8 Å². The van der Waals surface area contributed by atoms with Crippen LogP contribution < -0.4 is 9.80 Å². The van der Waals surface area contributed by atoms with Crippen LogP contribution in [0.4, 0.5) is 34.1 Å². The lowest BCUT2D eigenvalue weighted by Gasteiger charge is -2.43. The van der Waals surface area contributed by atoms with Gasteiger partial charge in [-0.1, -0.05) is 173 Å². The normalized spacial score (nSPS) is 14.5. The molecular weight excluding hydrogens is 921 g/mol. The summed E-state index contributed by atoms with van der Waals surface area (Å²) in [6.45, 7) is 9.63. The number of aromatic nitrogens is 2. The van der Waals surface area contributed by atoms with Gasteiger partial charge in [-0.25, -0.2) is 0 Å². The van der Waals surface area contributed by atoms with Gasteiger partial charge in [0, 0.05) is 54.5 Å². The van der Waals surface area contributed by atoms with Crippen LogP contribution in [0.15, 0.2) is 243 Å². The van der Waals surface area contributed by atoms with E-state index >= 15 is 0 Å². The topological polar surface area (TPSA) is 16.3 Å². The molecular formula is C72H52N4. The molecule has 2 aliphatic heterocycles. The number of fused-ring (bicyclic) bond motifs is 13. The van der Waals surface area contributed by atoms with Gasteiger partial charge in [0.2, 0.25) is 0 Å². The molecule has 0 aliphatic carbocycles. The third-order valence-corrected chi connectivity index (χ3v) is 17.4. The molecule has 2 aliphatic rings. The molecule has 0 amide bonds. The first-order valence-corrected chi connectivity index (χ1v) is 26.7. The third kappa shape index (κ3) is 5.90. The smallest absolute Gasteiger partial charge is 0.0562 e. The summed E-state index contributed by atoms with van der Waals surface area (Å²) in [5, 5.41) is 12.4. The summed E-state index contributed by atoms with van der Waals surface area (Å²) in [4.78, 5) is 5.13. The van der Waals surface area contributed by atoms with Gasteiger partial charge >= 0.3 is 0 Å². The average Bonchev–Trinajstić information content (AvgIpc) is 4.09. The van der Waals surface area contributed by atoms with Gasteiger partial charge in [-0.3, -0.25) is 0 Å². The van der Waals surface area contributed by atoms with Gasteiger partial charge in [-0.05, 0) is 141 Å². The van der Waals surface area contributed by atoms with Crippen LogP contribution in [0.1, 0.15) is 49.9 Å². The van der Waals surface area contributed by atoms with E-state index in [9.17, 15) is 0 Å². The minimum Gasteiger partial charge on any atom is -0.309 e. The van der Waals surface area contributed by atoms with Crippen molar-refractivity contribution < 1.29 is 0 Å². The molecule has 14 aromatic rings. The van der Waals surface area contributed by atoms with Gasteiger partial charge in [0.25, 0.3) is 0 Å². The molecule has 0 N–H and O–H groups in total. The van der Waals surface area contributed by atoms with E-state index in [4.69, 9.17) is 0 Å². The lowest BCUT2D eigenvalue weighted by Crippen LogP contribution is -2.31. The molecule has 16 rings (SSSR count). The Bertz CT molecular complexity index is 4460. The minimum absolute atomic E-state index is 0.293. The lowest BCUT2D eigenvalue weighted by atomic mass is 9.73. The van der Waals surface area contributed by atoms with Crippen molar-refractivity contribution in [2.45, 2.75) is 38.5 Å².